The molecule has 120 valence electrons. The minimum Gasteiger partial charge on any atom is -0.465 e. The van der Waals surface area contributed by atoms with Crippen molar-refractivity contribution in [1.82, 2.24) is 4.98 Å². The summed E-state index contributed by atoms with van der Waals surface area (Å²) < 4.78 is 9.41. The van der Waals surface area contributed by atoms with E-state index in [-0.39, 0.29) is 22.5 Å². The number of benzene rings is 1. The molecule has 23 heavy (non-hydrogen) atoms. The molecule has 8 heteroatoms. The number of ether oxygens (including phenoxy) is 2. The summed E-state index contributed by atoms with van der Waals surface area (Å²) in [7, 11) is 2.38. The molecule has 1 N–H and O–H groups in total. The number of aromatic nitrogens is 1. The van der Waals surface area contributed by atoms with E-state index >= 15 is 0 Å². The third-order valence-electron chi connectivity index (χ3n) is 3.31. The number of nitrogens with zero attached hydrogens (tertiary/aromatic N) is 1. The second kappa shape index (κ2) is 6.30. The van der Waals surface area contributed by atoms with Gasteiger partial charge in [-0.1, -0.05) is 12.1 Å². The van der Waals surface area contributed by atoms with E-state index in [1.807, 2.05) is 0 Å². The first-order valence-electron chi connectivity index (χ1n) is 6.54. The Morgan fingerprint density at radius 1 is 1.13 bits per heavy atom. The number of H-pyrrole nitrogens is 1. The van der Waals surface area contributed by atoms with Gasteiger partial charge in [0, 0.05) is 23.4 Å². The maximum absolute atomic E-state index is 12.1. The van der Waals surface area contributed by atoms with Crippen LogP contribution in [0.1, 0.15) is 26.4 Å². The van der Waals surface area contributed by atoms with Crippen molar-refractivity contribution in [3.63, 3.8) is 0 Å². The van der Waals surface area contributed by atoms with Gasteiger partial charge in [-0.15, -0.1) is 0 Å². The number of esters is 2. The second-order valence-corrected chi connectivity index (χ2v) is 4.67. The fourth-order valence-corrected chi connectivity index (χ4v) is 2.28. The topological polar surface area (TPSA) is 112 Å². The Bertz CT molecular complexity index is 793. The lowest BCUT2D eigenvalue weighted by Gasteiger charge is -2.05. The van der Waals surface area contributed by atoms with Gasteiger partial charge in [0.05, 0.1) is 36.0 Å². The lowest BCUT2D eigenvalue weighted by atomic mass is 10.0. The Labute approximate surface area is 131 Å². The summed E-state index contributed by atoms with van der Waals surface area (Å²) in [6.07, 6.45) is 0. The van der Waals surface area contributed by atoms with Gasteiger partial charge < -0.3 is 14.5 Å². The minimum absolute atomic E-state index is 0.0163. The van der Waals surface area contributed by atoms with Gasteiger partial charge in [-0.05, 0) is 6.92 Å². The molecule has 0 fully saturated rings. The van der Waals surface area contributed by atoms with E-state index in [1.54, 1.807) is 13.0 Å². The van der Waals surface area contributed by atoms with Crippen LogP contribution in [0.3, 0.4) is 0 Å². The third-order valence-corrected chi connectivity index (χ3v) is 3.31. The summed E-state index contributed by atoms with van der Waals surface area (Å²) in [5, 5.41) is 10.9. The Kier molecular flexibility index (Phi) is 4.44. The first-order chi connectivity index (χ1) is 10.9. The molecule has 0 aliphatic carbocycles. The number of rotatable bonds is 4. The number of nitro groups is 1. The average molecular weight is 318 g/mol. The van der Waals surface area contributed by atoms with Crippen LogP contribution in [-0.2, 0) is 9.47 Å². The largest absolute Gasteiger partial charge is 0.465 e. The van der Waals surface area contributed by atoms with E-state index in [9.17, 15) is 19.7 Å². The molecular weight excluding hydrogens is 304 g/mol. The highest BCUT2D eigenvalue weighted by Crippen LogP contribution is 2.31. The number of carbonyl (C=O) groups excluding carboxylic acids is 2. The number of nitrogens with one attached hydrogen (secondary N) is 1. The number of hydrogen-bond donors (Lipinski definition) is 1. The molecule has 0 amide bonds. The lowest BCUT2D eigenvalue weighted by Crippen LogP contribution is -2.11. The van der Waals surface area contributed by atoms with Crippen LogP contribution in [0.5, 0.6) is 0 Å². The van der Waals surface area contributed by atoms with Crippen molar-refractivity contribution in [2.75, 3.05) is 14.2 Å². The number of aromatic amines is 1. The summed E-state index contributed by atoms with van der Waals surface area (Å²) in [4.78, 5) is 37.3. The highest BCUT2D eigenvalue weighted by molar-refractivity contribution is 6.08. The van der Waals surface area contributed by atoms with Gasteiger partial charge in [0.25, 0.3) is 5.69 Å². The predicted molar refractivity (Wildman–Crippen MR) is 80.3 cm³/mol. The number of nitro benzene ring substituents is 1. The third kappa shape index (κ3) is 2.91. The minimum atomic E-state index is -0.740. The number of hydrogen-bond acceptors (Lipinski definition) is 6. The van der Waals surface area contributed by atoms with Gasteiger partial charge in [0.1, 0.15) is 0 Å². The highest BCUT2D eigenvalue weighted by atomic mass is 16.6. The summed E-state index contributed by atoms with van der Waals surface area (Å²) >= 11 is 0. The SMILES string of the molecule is COC(=O)c1c(C)[nH]c(-c2cccc([N+](=O)[O-])c2)c1C(=O)OC. The number of aryl methyl sites for hydroxylation is 1. The van der Waals surface area contributed by atoms with Crippen molar-refractivity contribution < 1.29 is 24.0 Å². The molecule has 0 radical (unpaired) electrons. The average Bonchev–Trinajstić information content (AvgIpc) is 2.90. The maximum Gasteiger partial charge on any atom is 0.340 e. The predicted octanol–water partition coefficient (Wildman–Crippen LogP) is 2.47. The zero-order valence-electron chi connectivity index (χ0n) is 12.7. The first kappa shape index (κ1) is 16.2. The van der Waals surface area contributed by atoms with Gasteiger partial charge in [-0.3, -0.25) is 10.1 Å². The standard InChI is InChI=1S/C15H14N2O6/c1-8-11(14(18)22-2)12(15(19)23-3)13(16-8)9-5-4-6-10(7-9)17(20)21/h4-7,16H,1-3H3. The molecule has 0 atom stereocenters. The molecule has 8 nitrogen and oxygen atoms in total. The molecule has 1 heterocycles. The zero-order valence-corrected chi connectivity index (χ0v) is 12.7. The van der Waals surface area contributed by atoms with E-state index in [0.717, 1.165) is 0 Å². The zero-order chi connectivity index (χ0) is 17.1. The molecule has 0 aliphatic heterocycles. The molecule has 1 aromatic heterocycles. The van der Waals surface area contributed by atoms with E-state index in [4.69, 9.17) is 4.74 Å². The van der Waals surface area contributed by atoms with Crippen LogP contribution in [0.25, 0.3) is 11.3 Å². The molecule has 0 aliphatic rings. The van der Waals surface area contributed by atoms with Gasteiger partial charge in [-0.25, -0.2) is 9.59 Å². The van der Waals surface area contributed by atoms with Crippen molar-refractivity contribution in [2.45, 2.75) is 6.92 Å². The first-order valence-corrected chi connectivity index (χ1v) is 6.54. The molecular formula is C15H14N2O6. The molecule has 2 aromatic rings. The van der Waals surface area contributed by atoms with E-state index in [1.165, 1.54) is 32.4 Å². The molecule has 2 rings (SSSR count). The van der Waals surface area contributed by atoms with Crippen LogP contribution in [0, 0.1) is 17.0 Å². The van der Waals surface area contributed by atoms with Gasteiger partial charge in [0.15, 0.2) is 0 Å². The summed E-state index contributed by atoms with van der Waals surface area (Å²) in [6.45, 7) is 1.60. The van der Waals surface area contributed by atoms with E-state index in [2.05, 4.69) is 9.72 Å². The van der Waals surface area contributed by atoms with Crippen molar-refractivity contribution in [1.29, 1.82) is 0 Å². The van der Waals surface area contributed by atoms with Crippen LogP contribution >= 0.6 is 0 Å². The Morgan fingerprint density at radius 3 is 2.30 bits per heavy atom. The molecule has 0 spiro atoms. The molecule has 0 unspecified atom stereocenters. The molecule has 0 bridgehead atoms. The molecule has 0 saturated carbocycles. The summed E-state index contributed by atoms with van der Waals surface area (Å²) in [5.41, 5.74) is 0.943. The van der Waals surface area contributed by atoms with Gasteiger partial charge in [-0.2, -0.15) is 0 Å². The maximum atomic E-state index is 12.1. The fourth-order valence-electron chi connectivity index (χ4n) is 2.28. The lowest BCUT2D eigenvalue weighted by molar-refractivity contribution is -0.384. The normalized spacial score (nSPS) is 10.2. The molecule has 0 saturated heterocycles. The Morgan fingerprint density at radius 2 is 1.74 bits per heavy atom. The second-order valence-electron chi connectivity index (χ2n) is 4.67. The van der Waals surface area contributed by atoms with Crippen molar-refractivity contribution in [3.05, 3.63) is 51.2 Å². The van der Waals surface area contributed by atoms with Crippen molar-refractivity contribution >= 4 is 17.6 Å². The number of methoxy groups -OCH3 is 2. The number of non-ortho nitro benzene ring substituents is 1. The molecule has 1 aromatic carbocycles. The fraction of sp³-hybridized carbons (Fsp3) is 0.200. The quantitative estimate of drug-likeness (QED) is 0.526. The monoisotopic (exact) mass is 318 g/mol. The smallest absolute Gasteiger partial charge is 0.340 e. The number of carbonyl (C=O) groups is 2. The van der Waals surface area contributed by atoms with E-state index in [0.29, 0.717) is 11.3 Å². The highest BCUT2D eigenvalue weighted by Gasteiger charge is 2.28. The van der Waals surface area contributed by atoms with Crippen LogP contribution in [0.2, 0.25) is 0 Å². The Hall–Kier alpha value is -3.16. The van der Waals surface area contributed by atoms with Gasteiger partial charge in [0.2, 0.25) is 0 Å². The summed E-state index contributed by atoms with van der Waals surface area (Å²) in [5.74, 6) is -1.44. The van der Waals surface area contributed by atoms with Crippen LogP contribution in [-0.4, -0.2) is 36.1 Å². The summed E-state index contributed by atoms with van der Waals surface area (Å²) in [6, 6.07) is 5.71. The van der Waals surface area contributed by atoms with Crippen LogP contribution < -0.4 is 0 Å². The van der Waals surface area contributed by atoms with Crippen LogP contribution in [0.4, 0.5) is 5.69 Å². The Balaban J connectivity index is 2.72. The van der Waals surface area contributed by atoms with E-state index < -0.39 is 16.9 Å². The van der Waals surface area contributed by atoms with Crippen LogP contribution in [0.15, 0.2) is 24.3 Å². The van der Waals surface area contributed by atoms with Crippen molar-refractivity contribution in [3.8, 4) is 11.3 Å². The van der Waals surface area contributed by atoms with Gasteiger partial charge >= 0.3 is 11.9 Å². The van der Waals surface area contributed by atoms with Crippen molar-refractivity contribution in [2.24, 2.45) is 0 Å².